The van der Waals surface area contributed by atoms with Gasteiger partial charge in [-0.3, -0.25) is 5.73 Å². The van der Waals surface area contributed by atoms with Gasteiger partial charge >= 0.3 is 11.9 Å². The number of rotatable bonds is 4. The molecule has 1 aromatic carbocycles. The Hall–Kier alpha value is -2.90. The molecule has 0 saturated carbocycles. The van der Waals surface area contributed by atoms with E-state index in [2.05, 4.69) is 15.4 Å². The maximum absolute atomic E-state index is 11.2. The van der Waals surface area contributed by atoms with Gasteiger partial charge in [0.25, 0.3) is 0 Å². The minimum absolute atomic E-state index is 0.476. The topological polar surface area (TPSA) is 112 Å². The predicted molar refractivity (Wildman–Crippen MR) is 89.6 cm³/mol. The van der Waals surface area contributed by atoms with E-state index >= 15 is 0 Å². The number of hydrazone groups is 1. The number of hydrogen-bond acceptors (Lipinski definition) is 5. The Morgan fingerprint density at radius 2 is 2.18 bits per heavy atom. The molecule has 2 rings (SSSR count). The summed E-state index contributed by atoms with van der Waals surface area (Å²) in [6.45, 7) is 2.60. The van der Waals surface area contributed by atoms with Crippen molar-refractivity contribution in [2.24, 2.45) is 21.6 Å². The summed E-state index contributed by atoms with van der Waals surface area (Å²) >= 11 is 0. The number of amides is 2. The number of nitrogens with zero attached hydrogens (tertiary/aromatic N) is 4. The van der Waals surface area contributed by atoms with Gasteiger partial charge in [0, 0.05) is 19.8 Å². The number of carbonyl (C=O) groups is 1. The summed E-state index contributed by atoms with van der Waals surface area (Å²) in [7, 11) is 3.81. The molecule has 1 aromatic rings. The highest BCUT2D eigenvalue weighted by Gasteiger charge is 2.20. The van der Waals surface area contributed by atoms with Gasteiger partial charge < -0.3 is 16.0 Å². The van der Waals surface area contributed by atoms with E-state index in [1.54, 1.807) is 23.0 Å². The molecule has 1 heterocycles. The van der Waals surface area contributed by atoms with Crippen LogP contribution >= 0.6 is 0 Å². The molecule has 8 nitrogen and oxygen atoms in total. The van der Waals surface area contributed by atoms with Crippen molar-refractivity contribution in [2.45, 2.75) is 6.92 Å². The van der Waals surface area contributed by atoms with Crippen LogP contribution in [0.1, 0.15) is 6.92 Å². The summed E-state index contributed by atoms with van der Waals surface area (Å²) in [6.07, 6.45) is 1.59. The summed E-state index contributed by atoms with van der Waals surface area (Å²) in [5, 5.41) is 6.72. The Kier molecular flexibility index (Phi) is 4.40. The van der Waals surface area contributed by atoms with Crippen LogP contribution in [0.5, 0.6) is 0 Å². The van der Waals surface area contributed by atoms with E-state index in [4.69, 9.17) is 11.5 Å². The average molecular weight is 302 g/mol. The molecule has 0 aromatic heterocycles. The minimum Gasteiger partial charge on any atom is -0.378 e. The van der Waals surface area contributed by atoms with Crippen LogP contribution in [-0.4, -0.2) is 49.1 Å². The van der Waals surface area contributed by atoms with Crippen LogP contribution in [0.15, 0.2) is 28.3 Å². The molecule has 0 aliphatic carbocycles. The molecule has 0 radical (unpaired) electrons. The van der Waals surface area contributed by atoms with Crippen molar-refractivity contribution in [3.63, 3.8) is 0 Å². The van der Waals surface area contributed by atoms with E-state index in [-0.39, 0.29) is 0 Å². The first kappa shape index (κ1) is 15.5. The van der Waals surface area contributed by atoms with Crippen LogP contribution in [0.25, 0.3) is 0 Å². The molecular formula is C14H20N7O+. The first-order valence-corrected chi connectivity index (χ1v) is 6.83. The number of urea groups is 1. The van der Waals surface area contributed by atoms with Crippen molar-refractivity contribution in [1.82, 2.24) is 0 Å². The lowest BCUT2D eigenvalue weighted by molar-refractivity contribution is -0.526. The van der Waals surface area contributed by atoms with Crippen molar-refractivity contribution < 1.29 is 9.48 Å². The molecule has 22 heavy (non-hydrogen) atoms. The first-order valence-electron chi connectivity index (χ1n) is 6.83. The van der Waals surface area contributed by atoms with E-state index in [9.17, 15) is 4.79 Å². The second kappa shape index (κ2) is 6.25. The van der Waals surface area contributed by atoms with Gasteiger partial charge in [0.1, 0.15) is 12.8 Å². The Morgan fingerprint density at radius 1 is 1.45 bits per heavy atom. The number of amidine groups is 1. The number of nitrogens with one attached hydrogen (secondary N) is 1. The number of benzene rings is 1. The van der Waals surface area contributed by atoms with Crippen LogP contribution in [-0.2, 0) is 0 Å². The highest BCUT2D eigenvalue weighted by atomic mass is 16.2. The molecule has 8 heteroatoms. The molecule has 116 valence electrons. The Bertz CT molecular complexity index is 688. The van der Waals surface area contributed by atoms with Crippen molar-refractivity contribution in [3.05, 3.63) is 18.2 Å². The standard InChI is InChI=1S/C14H19N7O/c1-4-21-13(15)12(8-17-21)18-10-6-5-9(20(2)3)7-11(10)19-14(16)22/h5-8H,4H2,1-3H3,(H4,15,16,17,19,22)/p+1. The number of aliphatic imine (C=N–C) groups is 1. The number of nitrogens with two attached hydrogens (primary N) is 2. The maximum Gasteiger partial charge on any atom is 0.321 e. The number of anilines is 2. The summed E-state index contributed by atoms with van der Waals surface area (Å²) in [5.41, 5.74) is 13.7. The van der Waals surface area contributed by atoms with E-state index < -0.39 is 6.03 Å². The average Bonchev–Trinajstić information content (AvgIpc) is 2.80. The summed E-state index contributed by atoms with van der Waals surface area (Å²) < 4.78 is 1.65. The van der Waals surface area contributed by atoms with Gasteiger partial charge in [0.2, 0.25) is 0 Å². The summed E-state index contributed by atoms with van der Waals surface area (Å²) in [5.74, 6) is 0.476. The van der Waals surface area contributed by atoms with Gasteiger partial charge in [0.05, 0.1) is 11.4 Å². The molecule has 0 unspecified atom stereocenters. The fraction of sp³-hybridized carbons (Fsp3) is 0.286. The molecular weight excluding hydrogens is 282 g/mol. The quantitative estimate of drug-likeness (QED) is 0.712. The third-order valence-electron chi connectivity index (χ3n) is 3.15. The second-order valence-corrected chi connectivity index (χ2v) is 4.93. The molecule has 2 amide bonds. The van der Waals surface area contributed by atoms with Gasteiger partial charge in [-0.2, -0.15) is 0 Å². The van der Waals surface area contributed by atoms with Gasteiger partial charge in [-0.25, -0.2) is 9.79 Å². The summed E-state index contributed by atoms with van der Waals surface area (Å²) in [4.78, 5) is 17.6. The molecule has 0 atom stereocenters. The Morgan fingerprint density at radius 3 is 2.73 bits per heavy atom. The molecule has 0 bridgehead atoms. The molecule has 5 N–H and O–H groups in total. The van der Waals surface area contributed by atoms with E-state index in [1.807, 2.05) is 32.0 Å². The second-order valence-electron chi connectivity index (χ2n) is 4.93. The van der Waals surface area contributed by atoms with E-state index in [0.717, 1.165) is 5.69 Å². The lowest BCUT2D eigenvalue weighted by Crippen LogP contribution is -2.28. The minimum atomic E-state index is -0.649. The molecule has 0 fully saturated rings. The zero-order valence-corrected chi connectivity index (χ0v) is 12.9. The monoisotopic (exact) mass is 302 g/mol. The number of primary amides is 1. The first-order chi connectivity index (χ1) is 10.4. The van der Waals surface area contributed by atoms with Crippen molar-refractivity contribution in [3.8, 4) is 0 Å². The Labute approximate surface area is 128 Å². The lowest BCUT2D eigenvalue weighted by atomic mass is 10.2. The van der Waals surface area contributed by atoms with Gasteiger partial charge in [-0.05, 0) is 25.1 Å². The summed E-state index contributed by atoms with van der Waals surface area (Å²) in [6, 6.07) is 4.84. The predicted octanol–water partition coefficient (Wildman–Crippen LogP) is 0.705. The smallest absolute Gasteiger partial charge is 0.321 e. The highest BCUT2D eigenvalue weighted by molar-refractivity contribution is 6.62. The number of carbonyl (C=O) groups excluding carboxylic acids is 1. The van der Waals surface area contributed by atoms with Gasteiger partial charge in [0.15, 0.2) is 5.71 Å². The molecule has 0 spiro atoms. The maximum atomic E-state index is 11.2. The molecule has 1 aliphatic heterocycles. The van der Waals surface area contributed by atoms with Crippen LogP contribution in [0.2, 0.25) is 0 Å². The fourth-order valence-electron chi connectivity index (χ4n) is 1.99. The molecule has 0 saturated heterocycles. The van der Waals surface area contributed by atoms with E-state index in [1.165, 1.54) is 0 Å². The van der Waals surface area contributed by atoms with Gasteiger partial charge in [-0.15, -0.1) is 4.68 Å². The normalized spacial score (nSPS) is 15.5. The van der Waals surface area contributed by atoms with Crippen molar-refractivity contribution in [1.29, 1.82) is 0 Å². The van der Waals surface area contributed by atoms with Crippen molar-refractivity contribution >= 4 is 40.9 Å². The van der Waals surface area contributed by atoms with Gasteiger partial charge in [-0.1, -0.05) is 5.10 Å². The largest absolute Gasteiger partial charge is 0.378 e. The lowest BCUT2D eigenvalue weighted by Gasteiger charge is -2.15. The van der Waals surface area contributed by atoms with Crippen LogP contribution in [0.3, 0.4) is 0 Å². The third-order valence-corrected chi connectivity index (χ3v) is 3.15. The third kappa shape index (κ3) is 3.22. The Balaban J connectivity index is 2.45. The molecule has 1 aliphatic rings. The van der Waals surface area contributed by atoms with Crippen LogP contribution in [0.4, 0.5) is 21.9 Å². The van der Waals surface area contributed by atoms with Crippen molar-refractivity contribution in [2.75, 3.05) is 30.9 Å². The highest BCUT2D eigenvalue weighted by Crippen LogP contribution is 2.29. The van der Waals surface area contributed by atoms with Crippen LogP contribution in [0, 0.1) is 0 Å². The zero-order chi connectivity index (χ0) is 16.3. The fourth-order valence-corrected chi connectivity index (χ4v) is 1.99. The zero-order valence-electron chi connectivity index (χ0n) is 12.9. The van der Waals surface area contributed by atoms with E-state index in [0.29, 0.717) is 29.5 Å². The van der Waals surface area contributed by atoms with Crippen LogP contribution < -0.4 is 21.7 Å². The SMILES string of the molecule is CC[N+]1=C(N)C(=Nc2ccc(N(C)C)cc2NC(N)=O)C=N1. The number of hydrogen-bond donors (Lipinski definition) is 3.